The zero-order valence-corrected chi connectivity index (χ0v) is 54.8. The van der Waals surface area contributed by atoms with Gasteiger partial charge in [0.2, 0.25) is 43.6 Å². The van der Waals surface area contributed by atoms with Gasteiger partial charge in [0, 0.05) is 84.9 Å². The number of hydrogen-bond donors (Lipinski definition) is 4. The standard InChI is InChI=1S/2C34H39ClN4O6S.CH4/c2*1-21-36-37-32(45-21)17-26-6-2-3-7-30(40)27-11-8-24(27)18-39-19-34(14-4-5-22-15-25(35)10-12-28(22)34)20-44-31-13-9-23(16-29(31)39)33(41)38-46(26,42)43;/h2*3,7,9-10,12-13,15-16,24,26-27,30,40H,2,4-6,8,11,14,17-20H2,1H3,(H,38,41);1H4/b2*7-3+;/t24-,26+,27+,30-,34-;24-,26-,27+,30-,34-;/m00./s1. The monoisotopic (exact) mass is 1350 g/mol. The zero-order chi connectivity index (χ0) is 64.1. The first kappa shape index (κ1) is 66.2. The summed E-state index contributed by atoms with van der Waals surface area (Å²) in [5, 5.41) is 37.5. The van der Waals surface area contributed by atoms with Gasteiger partial charge in [-0.25, -0.2) is 26.3 Å². The molecule has 6 aromatic rings. The molecule has 4 aromatic carbocycles. The fourth-order valence-electron chi connectivity index (χ4n) is 15.4. The Morgan fingerprint density at radius 3 is 1.40 bits per heavy atom. The zero-order valence-electron chi connectivity index (χ0n) is 51.6. The second-order valence-corrected chi connectivity index (χ2v) is 31.4. The summed E-state index contributed by atoms with van der Waals surface area (Å²) >= 11 is 12.8. The molecule has 14 rings (SSSR count). The molecule has 4 bridgehead atoms. The fourth-order valence-corrected chi connectivity index (χ4v) is 18.5. The fraction of sp³-hybridized carbons (Fsp3) is 0.507. The van der Waals surface area contributed by atoms with Crippen LogP contribution in [0, 0.1) is 37.5 Å². The number of aliphatic hydroxyl groups excluding tert-OH is 2. The predicted octanol–water partition coefficient (Wildman–Crippen LogP) is 10.5. The van der Waals surface area contributed by atoms with Gasteiger partial charge in [0.05, 0.1) is 47.3 Å². The molecule has 2 spiro atoms. The average Bonchev–Trinajstić information content (AvgIpc) is 1.71. The van der Waals surface area contributed by atoms with E-state index in [9.17, 15) is 36.6 Å². The van der Waals surface area contributed by atoms with Crippen LogP contribution in [0.15, 0.2) is 106 Å². The van der Waals surface area contributed by atoms with E-state index in [1.54, 1.807) is 62.4 Å². The molecule has 4 aliphatic carbocycles. The van der Waals surface area contributed by atoms with E-state index in [1.807, 2.05) is 24.3 Å². The minimum atomic E-state index is -4.14. The van der Waals surface area contributed by atoms with Gasteiger partial charge in [0.15, 0.2) is 0 Å². The smallest absolute Gasteiger partial charge is 0.264 e. The van der Waals surface area contributed by atoms with Gasteiger partial charge < -0.3 is 38.3 Å². The largest absolute Gasteiger partial charge is 0.490 e. The summed E-state index contributed by atoms with van der Waals surface area (Å²) < 4.78 is 83.2. The van der Waals surface area contributed by atoms with Gasteiger partial charge in [-0.2, -0.15) is 0 Å². The molecule has 0 saturated heterocycles. The molecule has 6 heterocycles. The summed E-state index contributed by atoms with van der Waals surface area (Å²) in [7, 11) is -8.28. The number of halogens is 2. The van der Waals surface area contributed by atoms with Crippen molar-refractivity contribution in [3.63, 3.8) is 0 Å². The maximum Gasteiger partial charge on any atom is 0.264 e. The van der Waals surface area contributed by atoms with E-state index < -0.39 is 54.6 Å². The Morgan fingerprint density at radius 1 is 0.581 bits per heavy atom. The Morgan fingerprint density at radius 2 is 1.01 bits per heavy atom. The van der Waals surface area contributed by atoms with Gasteiger partial charge in [-0.3, -0.25) is 9.59 Å². The number of aryl methyl sites for hydroxylation is 4. The number of ether oxygens (including phenoxy) is 2. The number of aromatic nitrogens is 4. The van der Waals surface area contributed by atoms with Crippen LogP contribution in [0.1, 0.15) is 151 Å². The van der Waals surface area contributed by atoms with Gasteiger partial charge in [-0.1, -0.05) is 67.1 Å². The SMILES string of the molecule is C.Cc1nnc(C[C@@H]2CC/C=C/[C@H](O)[C@@H]3CC[C@H]3CN3C[C@@]4(CCCc5cc(Cl)ccc54)COc4ccc(cc43)C(=O)NS2(=O)=O)o1.Cc1nnc(C[C@H]2CC/C=C/[C@H](O)[C@@H]3CC[C@H]3CN3C[C@@]4(CCCc5cc(Cl)ccc54)COc4ccc(cc43)C(=O)NS2(=O)=O)o1. The molecule has 2 aromatic heterocycles. The van der Waals surface area contributed by atoms with Crippen LogP contribution >= 0.6 is 23.2 Å². The van der Waals surface area contributed by atoms with E-state index in [0.29, 0.717) is 75.5 Å². The molecule has 8 aliphatic rings. The number of rotatable bonds is 4. The van der Waals surface area contributed by atoms with E-state index in [-0.39, 0.29) is 90.5 Å². The lowest BCUT2D eigenvalue weighted by molar-refractivity contribution is 0.0454. The number of benzene rings is 4. The number of aliphatic hydroxyl groups is 2. The normalized spacial score (nSPS) is 29.5. The van der Waals surface area contributed by atoms with E-state index in [4.69, 9.17) is 41.5 Å². The molecule has 24 heteroatoms. The summed E-state index contributed by atoms with van der Waals surface area (Å²) in [5.74, 6) is 1.60. The van der Waals surface area contributed by atoms with Crippen molar-refractivity contribution in [3.05, 3.63) is 164 Å². The lowest BCUT2D eigenvalue weighted by Gasteiger charge is -2.45. The summed E-state index contributed by atoms with van der Waals surface area (Å²) in [5.41, 5.74) is 6.34. The van der Waals surface area contributed by atoms with E-state index >= 15 is 0 Å². The molecule has 496 valence electrons. The number of sulfonamides is 2. The maximum atomic E-state index is 13.6. The molecule has 0 radical (unpaired) electrons. The third-order valence-electron chi connectivity index (χ3n) is 20.6. The Balaban J connectivity index is 0.000000177. The molecule has 2 saturated carbocycles. The van der Waals surface area contributed by atoms with Crippen molar-refractivity contribution >= 4 is 66.4 Å². The number of fused-ring (bicyclic) bond motifs is 8. The Kier molecular flexibility index (Phi) is 19.3. The van der Waals surface area contributed by atoms with Crippen molar-refractivity contribution in [2.45, 2.75) is 158 Å². The molecule has 10 atom stereocenters. The number of nitrogens with one attached hydrogen (secondary N) is 2. The van der Waals surface area contributed by atoms with Crippen molar-refractivity contribution < 1.29 is 54.9 Å². The van der Waals surface area contributed by atoms with Crippen LogP contribution in [0.25, 0.3) is 0 Å². The number of amides is 2. The second kappa shape index (κ2) is 27.1. The predicted molar refractivity (Wildman–Crippen MR) is 354 cm³/mol. The maximum absolute atomic E-state index is 13.6. The summed E-state index contributed by atoms with van der Waals surface area (Å²) in [6.45, 7) is 6.93. The van der Waals surface area contributed by atoms with E-state index in [2.05, 4.69) is 63.9 Å². The first-order valence-electron chi connectivity index (χ1n) is 32.2. The highest BCUT2D eigenvalue weighted by Gasteiger charge is 2.47. The van der Waals surface area contributed by atoms with Gasteiger partial charge in [0.1, 0.15) is 11.5 Å². The summed E-state index contributed by atoms with van der Waals surface area (Å²) in [6, 6.07) is 22.5. The topological polar surface area (TPSA) is 270 Å². The number of allylic oxidation sites excluding steroid dienone is 2. The van der Waals surface area contributed by atoms with Crippen molar-refractivity contribution in [3.8, 4) is 11.5 Å². The van der Waals surface area contributed by atoms with Crippen LogP contribution in [-0.4, -0.2) is 121 Å². The Hall–Kier alpha value is -6.82. The molecule has 2 amide bonds. The van der Waals surface area contributed by atoms with Gasteiger partial charge >= 0.3 is 0 Å². The minimum absolute atomic E-state index is 0. The van der Waals surface area contributed by atoms with Gasteiger partial charge in [-0.15, -0.1) is 20.4 Å². The molecular formula is C69H82Cl2N8O12S2. The summed E-state index contributed by atoms with van der Waals surface area (Å²) in [4.78, 5) is 31.8. The molecule has 2 fully saturated rings. The molecule has 4 aliphatic heterocycles. The van der Waals surface area contributed by atoms with Crippen LogP contribution in [0.4, 0.5) is 11.4 Å². The Labute approximate surface area is 554 Å². The van der Waals surface area contributed by atoms with Gasteiger partial charge in [-0.05, 0) is 196 Å². The van der Waals surface area contributed by atoms with Crippen molar-refractivity contribution in [2.75, 3.05) is 49.2 Å². The van der Waals surface area contributed by atoms with E-state index in [0.717, 1.165) is 85.6 Å². The van der Waals surface area contributed by atoms with Crippen LogP contribution in [0.5, 0.6) is 11.5 Å². The number of carbonyl (C=O) groups excluding carboxylic acids is 2. The number of anilines is 2. The first-order valence-corrected chi connectivity index (χ1v) is 36.1. The molecule has 0 unspecified atom stereocenters. The van der Waals surface area contributed by atoms with Gasteiger partial charge in [0.25, 0.3) is 11.8 Å². The highest BCUT2D eigenvalue weighted by Crippen LogP contribution is 2.49. The number of nitrogens with zero attached hydrogens (tertiary/aromatic N) is 6. The first-order chi connectivity index (χ1) is 44.2. The Bertz CT molecular complexity index is 3810. The third-order valence-corrected chi connectivity index (χ3v) is 24.6. The van der Waals surface area contributed by atoms with Crippen LogP contribution in [0.2, 0.25) is 10.0 Å². The quantitative estimate of drug-likeness (QED) is 0.119. The number of hydrogen-bond acceptors (Lipinski definition) is 18. The van der Waals surface area contributed by atoms with Crippen LogP contribution in [0.3, 0.4) is 0 Å². The molecular weight excluding hydrogens is 1270 g/mol. The van der Waals surface area contributed by atoms with E-state index in [1.165, 1.54) is 22.3 Å². The highest BCUT2D eigenvalue weighted by molar-refractivity contribution is 7.91. The minimum Gasteiger partial charge on any atom is -0.490 e. The average molecular weight is 1350 g/mol. The number of carbonyl (C=O) groups is 2. The van der Waals surface area contributed by atoms with Crippen LogP contribution < -0.4 is 28.7 Å². The van der Waals surface area contributed by atoms with Crippen molar-refractivity contribution in [1.82, 2.24) is 29.8 Å². The molecule has 93 heavy (non-hydrogen) atoms. The second-order valence-electron chi connectivity index (χ2n) is 26.6. The van der Waals surface area contributed by atoms with Crippen molar-refractivity contribution in [2.24, 2.45) is 23.7 Å². The summed E-state index contributed by atoms with van der Waals surface area (Å²) in [6.07, 6.45) is 16.8. The third kappa shape index (κ3) is 14.0. The lowest BCUT2D eigenvalue weighted by Crippen LogP contribution is -2.49. The highest BCUT2D eigenvalue weighted by atomic mass is 35.5. The lowest BCUT2D eigenvalue weighted by atomic mass is 9.68. The van der Waals surface area contributed by atoms with Crippen LogP contribution in [-0.2, 0) is 56.6 Å². The molecule has 4 N–H and O–H groups in total. The van der Waals surface area contributed by atoms with Crippen molar-refractivity contribution in [1.29, 1.82) is 0 Å². The molecule has 20 nitrogen and oxygen atoms in total.